The summed E-state index contributed by atoms with van der Waals surface area (Å²) in [6.45, 7) is 4.90. The Bertz CT molecular complexity index is 531. The molecule has 2 aromatic rings. The van der Waals surface area contributed by atoms with Crippen LogP contribution in [0.3, 0.4) is 0 Å². The van der Waals surface area contributed by atoms with Gasteiger partial charge in [-0.25, -0.2) is 9.37 Å². The molecule has 0 amide bonds. The van der Waals surface area contributed by atoms with Gasteiger partial charge in [-0.3, -0.25) is 0 Å². The summed E-state index contributed by atoms with van der Waals surface area (Å²) in [6, 6.07) is 5.05. The fourth-order valence-corrected chi connectivity index (χ4v) is 2.30. The second-order valence-electron chi connectivity index (χ2n) is 4.87. The van der Waals surface area contributed by atoms with Crippen LogP contribution in [-0.4, -0.2) is 16.1 Å². The standard InChI is InChI=1S/C14H20FN3/c1-10(2)18-13-9-11(15)6-7-12(13)17-14(18)5-3-4-8-16/h6-7,9-10H,3-5,8,16H2,1-2H3. The number of hydrogen-bond donors (Lipinski definition) is 1. The van der Waals surface area contributed by atoms with Gasteiger partial charge in [-0.15, -0.1) is 0 Å². The van der Waals surface area contributed by atoms with Crippen molar-refractivity contribution in [2.24, 2.45) is 5.73 Å². The van der Waals surface area contributed by atoms with Crippen LogP contribution in [-0.2, 0) is 6.42 Å². The van der Waals surface area contributed by atoms with Crippen molar-refractivity contribution in [2.75, 3.05) is 6.54 Å². The highest BCUT2D eigenvalue weighted by molar-refractivity contribution is 5.76. The Morgan fingerprint density at radius 2 is 2.11 bits per heavy atom. The summed E-state index contributed by atoms with van der Waals surface area (Å²) in [5.74, 6) is 0.817. The minimum atomic E-state index is -0.210. The van der Waals surface area contributed by atoms with Crippen molar-refractivity contribution in [1.82, 2.24) is 9.55 Å². The number of nitrogens with two attached hydrogens (primary N) is 1. The Morgan fingerprint density at radius 1 is 1.33 bits per heavy atom. The number of aromatic nitrogens is 2. The lowest BCUT2D eigenvalue weighted by atomic mass is 10.2. The molecule has 2 rings (SSSR count). The molecule has 0 bridgehead atoms. The van der Waals surface area contributed by atoms with Gasteiger partial charge in [-0.05, 0) is 51.4 Å². The van der Waals surface area contributed by atoms with Gasteiger partial charge in [-0.2, -0.15) is 0 Å². The van der Waals surface area contributed by atoms with Crippen LogP contribution in [0.2, 0.25) is 0 Å². The molecule has 2 N–H and O–H groups in total. The van der Waals surface area contributed by atoms with Crippen LogP contribution in [0.25, 0.3) is 11.0 Å². The van der Waals surface area contributed by atoms with E-state index in [1.807, 2.05) is 0 Å². The van der Waals surface area contributed by atoms with Crippen molar-refractivity contribution in [3.8, 4) is 0 Å². The summed E-state index contributed by atoms with van der Waals surface area (Å²) in [5.41, 5.74) is 7.26. The van der Waals surface area contributed by atoms with E-state index in [0.29, 0.717) is 6.54 Å². The molecule has 4 heteroatoms. The number of fused-ring (bicyclic) bond motifs is 1. The molecule has 98 valence electrons. The number of imidazole rings is 1. The zero-order chi connectivity index (χ0) is 13.1. The van der Waals surface area contributed by atoms with E-state index in [9.17, 15) is 4.39 Å². The van der Waals surface area contributed by atoms with Gasteiger partial charge in [0.15, 0.2) is 0 Å². The number of hydrogen-bond acceptors (Lipinski definition) is 2. The SMILES string of the molecule is CC(C)n1c(CCCCN)nc2ccc(F)cc21. The number of halogens is 1. The molecule has 1 aromatic carbocycles. The van der Waals surface area contributed by atoms with Gasteiger partial charge in [0, 0.05) is 12.5 Å². The van der Waals surface area contributed by atoms with Crippen LogP contribution in [0.1, 0.15) is 38.6 Å². The molecular formula is C14H20FN3. The number of nitrogens with zero attached hydrogens (tertiary/aromatic N) is 2. The van der Waals surface area contributed by atoms with E-state index in [-0.39, 0.29) is 11.9 Å². The molecular weight excluding hydrogens is 229 g/mol. The number of unbranched alkanes of at least 4 members (excludes halogenated alkanes) is 1. The third-order valence-electron chi connectivity index (χ3n) is 3.10. The van der Waals surface area contributed by atoms with E-state index >= 15 is 0 Å². The molecule has 1 heterocycles. The highest BCUT2D eigenvalue weighted by Gasteiger charge is 2.13. The summed E-state index contributed by atoms with van der Waals surface area (Å²) >= 11 is 0. The lowest BCUT2D eigenvalue weighted by Crippen LogP contribution is -2.07. The smallest absolute Gasteiger partial charge is 0.125 e. The molecule has 0 saturated heterocycles. The van der Waals surface area contributed by atoms with Gasteiger partial charge in [0.25, 0.3) is 0 Å². The van der Waals surface area contributed by atoms with Crippen LogP contribution in [0, 0.1) is 5.82 Å². The number of benzene rings is 1. The summed E-state index contributed by atoms with van der Waals surface area (Å²) < 4.78 is 15.5. The van der Waals surface area contributed by atoms with Crippen LogP contribution in [0.5, 0.6) is 0 Å². The molecule has 1 aromatic heterocycles. The van der Waals surface area contributed by atoms with Gasteiger partial charge in [-0.1, -0.05) is 0 Å². The Labute approximate surface area is 107 Å². The third-order valence-corrected chi connectivity index (χ3v) is 3.10. The van der Waals surface area contributed by atoms with Crippen molar-refractivity contribution in [3.05, 3.63) is 29.8 Å². The van der Waals surface area contributed by atoms with E-state index in [1.165, 1.54) is 6.07 Å². The molecule has 0 radical (unpaired) electrons. The summed E-state index contributed by atoms with van der Waals surface area (Å²) in [4.78, 5) is 4.60. The largest absolute Gasteiger partial charge is 0.330 e. The van der Waals surface area contributed by atoms with E-state index in [1.54, 1.807) is 12.1 Å². The van der Waals surface area contributed by atoms with Crippen LogP contribution >= 0.6 is 0 Å². The molecule has 0 saturated carbocycles. The molecule has 0 spiro atoms. The first-order valence-electron chi connectivity index (χ1n) is 6.50. The minimum Gasteiger partial charge on any atom is -0.330 e. The molecule has 0 aliphatic carbocycles. The maximum Gasteiger partial charge on any atom is 0.125 e. The van der Waals surface area contributed by atoms with Gasteiger partial charge in [0.2, 0.25) is 0 Å². The maximum atomic E-state index is 13.3. The second kappa shape index (κ2) is 5.48. The quantitative estimate of drug-likeness (QED) is 0.828. The average molecular weight is 249 g/mol. The molecule has 0 fully saturated rings. The molecule has 0 atom stereocenters. The van der Waals surface area contributed by atoms with Gasteiger partial charge < -0.3 is 10.3 Å². The van der Waals surface area contributed by atoms with Crippen molar-refractivity contribution in [1.29, 1.82) is 0 Å². The van der Waals surface area contributed by atoms with Crippen molar-refractivity contribution < 1.29 is 4.39 Å². The monoisotopic (exact) mass is 249 g/mol. The number of aryl methyl sites for hydroxylation is 1. The Balaban J connectivity index is 2.41. The topological polar surface area (TPSA) is 43.8 Å². The Hall–Kier alpha value is -1.42. The molecule has 18 heavy (non-hydrogen) atoms. The second-order valence-corrected chi connectivity index (χ2v) is 4.87. The maximum absolute atomic E-state index is 13.3. The lowest BCUT2D eigenvalue weighted by molar-refractivity contribution is 0.569. The minimum absolute atomic E-state index is 0.210. The van der Waals surface area contributed by atoms with E-state index in [2.05, 4.69) is 23.4 Å². The van der Waals surface area contributed by atoms with Crippen molar-refractivity contribution >= 4 is 11.0 Å². The average Bonchev–Trinajstić information content (AvgIpc) is 2.67. The van der Waals surface area contributed by atoms with Crippen molar-refractivity contribution in [2.45, 2.75) is 39.2 Å². The summed E-state index contributed by atoms with van der Waals surface area (Å²) in [6.07, 6.45) is 2.91. The van der Waals surface area contributed by atoms with Gasteiger partial charge >= 0.3 is 0 Å². The van der Waals surface area contributed by atoms with E-state index in [4.69, 9.17) is 5.73 Å². The zero-order valence-electron chi connectivity index (χ0n) is 11.0. The highest BCUT2D eigenvalue weighted by Crippen LogP contribution is 2.23. The van der Waals surface area contributed by atoms with Crippen molar-refractivity contribution in [3.63, 3.8) is 0 Å². The van der Waals surface area contributed by atoms with Gasteiger partial charge in [0.1, 0.15) is 11.6 Å². The summed E-state index contributed by atoms with van der Waals surface area (Å²) in [7, 11) is 0. The van der Waals surface area contributed by atoms with E-state index in [0.717, 1.165) is 36.1 Å². The Kier molecular flexibility index (Phi) is 3.97. The van der Waals surface area contributed by atoms with Crippen LogP contribution in [0.4, 0.5) is 4.39 Å². The molecule has 0 unspecified atom stereocenters. The Morgan fingerprint density at radius 3 is 2.78 bits per heavy atom. The highest BCUT2D eigenvalue weighted by atomic mass is 19.1. The fraction of sp³-hybridized carbons (Fsp3) is 0.500. The first-order valence-corrected chi connectivity index (χ1v) is 6.50. The molecule has 3 nitrogen and oxygen atoms in total. The first kappa shape index (κ1) is 13.0. The molecule has 0 aliphatic rings. The fourth-order valence-electron chi connectivity index (χ4n) is 2.30. The van der Waals surface area contributed by atoms with Gasteiger partial charge in [0.05, 0.1) is 11.0 Å². The van der Waals surface area contributed by atoms with Crippen LogP contribution < -0.4 is 5.73 Å². The number of rotatable bonds is 5. The summed E-state index contributed by atoms with van der Waals surface area (Å²) in [5, 5.41) is 0. The predicted molar refractivity (Wildman–Crippen MR) is 72.1 cm³/mol. The van der Waals surface area contributed by atoms with E-state index < -0.39 is 0 Å². The first-order chi connectivity index (χ1) is 8.63. The molecule has 0 aliphatic heterocycles. The zero-order valence-corrected chi connectivity index (χ0v) is 11.0. The predicted octanol–water partition coefficient (Wildman–Crippen LogP) is 3.04. The lowest BCUT2D eigenvalue weighted by Gasteiger charge is -2.12. The van der Waals surface area contributed by atoms with Crippen LogP contribution in [0.15, 0.2) is 18.2 Å². The third kappa shape index (κ3) is 2.53. The normalized spacial score (nSPS) is 11.6.